The molecule has 0 aliphatic rings. The average Bonchev–Trinajstić information content (AvgIpc) is 3.20. The first-order chi connectivity index (χ1) is 12.6. The maximum absolute atomic E-state index is 12.2. The standard InChI is InChI=1S/C16H13N5O5/c1-25-15-7-6-14(21(23)24)8-12(15)9-26-16(22)11-2-4-13(5-3-11)20-10-17-18-19-20/h2-8,10H,9H2,1H3. The second-order valence-corrected chi connectivity index (χ2v) is 5.13. The Morgan fingerprint density at radius 3 is 2.62 bits per heavy atom. The predicted octanol–water partition coefficient (Wildman–Crippen LogP) is 1.94. The maximum Gasteiger partial charge on any atom is 0.338 e. The molecule has 0 amide bonds. The zero-order chi connectivity index (χ0) is 18.5. The number of nitro benzene ring substituents is 1. The zero-order valence-electron chi connectivity index (χ0n) is 13.6. The summed E-state index contributed by atoms with van der Waals surface area (Å²) in [6.07, 6.45) is 1.43. The normalized spacial score (nSPS) is 10.3. The van der Waals surface area contributed by atoms with Gasteiger partial charge in [-0.3, -0.25) is 10.1 Å². The van der Waals surface area contributed by atoms with Crippen LogP contribution in [0, 0.1) is 10.1 Å². The van der Waals surface area contributed by atoms with Gasteiger partial charge in [-0.15, -0.1) is 5.10 Å². The number of tetrazole rings is 1. The van der Waals surface area contributed by atoms with Gasteiger partial charge in [0.05, 0.1) is 23.3 Å². The van der Waals surface area contributed by atoms with E-state index in [0.717, 1.165) is 0 Å². The van der Waals surface area contributed by atoms with Crippen LogP contribution in [0.3, 0.4) is 0 Å². The maximum atomic E-state index is 12.2. The second kappa shape index (κ2) is 7.38. The number of carbonyl (C=O) groups is 1. The van der Waals surface area contributed by atoms with Crippen LogP contribution in [0.5, 0.6) is 5.75 Å². The summed E-state index contributed by atoms with van der Waals surface area (Å²) in [6, 6.07) is 10.6. The fourth-order valence-electron chi connectivity index (χ4n) is 2.25. The van der Waals surface area contributed by atoms with Crippen LogP contribution in [-0.2, 0) is 11.3 Å². The molecular weight excluding hydrogens is 342 g/mol. The van der Waals surface area contributed by atoms with Crippen LogP contribution in [0.25, 0.3) is 5.69 Å². The molecule has 1 heterocycles. The van der Waals surface area contributed by atoms with Gasteiger partial charge in [0.2, 0.25) is 0 Å². The molecule has 0 bridgehead atoms. The average molecular weight is 355 g/mol. The van der Waals surface area contributed by atoms with Gasteiger partial charge in [0.1, 0.15) is 18.7 Å². The number of esters is 1. The molecule has 10 heteroatoms. The lowest BCUT2D eigenvalue weighted by Gasteiger charge is -2.09. The number of hydrogen-bond acceptors (Lipinski definition) is 8. The van der Waals surface area contributed by atoms with E-state index in [1.807, 2.05) is 0 Å². The van der Waals surface area contributed by atoms with E-state index in [9.17, 15) is 14.9 Å². The van der Waals surface area contributed by atoms with Gasteiger partial charge < -0.3 is 9.47 Å². The highest BCUT2D eigenvalue weighted by Crippen LogP contribution is 2.25. The Balaban J connectivity index is 1.71. The van der Waals surface area contributed by atoms with Crippen LogP contribution in [-0.4, -0.2) is 38.2 Å². The molecule has 3 aromatic rings. The quantitative estimate of drug-likeness (QED) is 0.373. The van der Waals surface area contributed by atoms with Crippen LogP contribution < -0.4 is 4.74 Å². The van der Waals surface area contributed by atoms with Crippen molar-refractivity contribution in [3.63, 3.8) is 0 Å². The lowest BCUT2D eigenvalue weighted by molar-refractivity contribution is -0.385. The van der Waals surface area contributed by atoms with E-state index >= 15 is 0 Å². The SMILES string of the molecule is COc1ccc([N+](=O)[O-])cc1COC(=O)c1ccc(-n2cnnn2)cc1. The highest BCUT2D eigenvalue weighted by atomic mass is 16.6. The Labute approximate surface area is 147 Å². The third-order valence-corrected chi connectivity index (χ3v) is 3.55. The minimum Gasteiger partial charge on any atom is -0.496 e. The van der Waals surface area contributed by atoms with Gasteiger partial charge in [0.25, 0.3) is 5.69 Å². The molecule has 132 valence electrons. The van der Waals surface area contributed by atoms with Gasteiger partial charge in [0.15, 0.2) is 0 Å². The Bertz CT molecular complexity index is 925. The second-order valence-electron chi connectivity index (χ2n) is 5.13. The molecule has 0 N–H and O–H groups in total. The van der Waals surface area contributed by atoms with Crippen molar-refractivity contribution in [2.24, 2.45) is 0 Å². The molecular formula is C16H13N5O5. The summed E-state index contributed by atoms with van der Waals surface area (Å²) < 4.78 is 11.8. The van der Waals surface area contributed by atoms with Crippen LogP contribution >= 0.6 is 0 Å². The number of methoxy groups -OCH3 is 1. The van der Waals surface area contributed by atoms with Gasteiger partial charge in [0, 0.05) is 17.7 Å². The number of non-ortho nitro benzene ring substituents is 1. The molecule has 26 heavy (non-hydrogen) atoms. The Morgan fingerprint density at radius 1 is 1.23 bits per heavy atom. The van der Waals surface area contributed by atoms with Crippen molar-refractivity contribution < 1.29 is 19.2 Å². The smallest absolute Gasteiger partial charge is 0.338 e. The summed E-state index contributed by atoms with van der Waals surface area (Å²) in [5.41, 5.74) is 1.31. The summed E-state index contributed by atoms with van der Waals surface area (Å²) >= 11 is 0. The molecule has 0 atom stereocenters. The largest absolute Gasteiger partial charge is 0.496 e. The fourth-order valence-corrected chi connectivity index (χ4v) is 2.25. The number of benzene rings is 2. The van der Waals surface area contributed by atoms with Crippen molar-refractivity contribution in [3.05, 3.63) is 70.0 Å². The monoisotopic (exact) mass is 355 g/mol. The van der Waals surface area contributed by atoms with Crippen molar-refractivity contribution in [3.8, 4) is 11.4 Å². The molecule has 2 aromatic carbocycles. The Hall–Kier alpha value is -3.82. The summed E-state index contributed by atoms with van der Waals surface area (Å²) in [4.78, 5) is 22.5. The molecule has 0 spiro atoms. The molecule has 0 aliphatic heterocycles. The Kier molecular flexibility index (Phi) is 4.83. The van der Waals surface area contributed by atoms with Crippen molar-refractivity contribution in [1.29, 1.82) is 0 Å². The molecule has 0 fully saturated rings. The van der Waals surface area contributed by atoms with E-state index in [2.05, 4.69) is 15.5 Å². The number of nitrogens with zero attached hydrogens (tertiary/aromatic N) is 5. The van der Waals surface area contributed by atoms with Gasteiger partial charge >= 0.3 is 5.97 Å². The van der Waals surface area contributed by atoms with Gasteiger partial charge in [-0.05, 0) is 40.8 Å². The lowest BCUT2D eigenvalue weighted by atomic mass is 10.2. The fraction of sp³-hybridized carbons (Fsp3) is 0.125. The predicted molar refractivity (Wildman–Crippen MR) is 87.9 cm³/mol. The highest BCUT2D eigenvalue weighted by Gasteiger charge is 2.14. The topological polar surface area (TPSA) is 122 Å². The first-order valence-electron chi connectivity index (χ1n) is 7.40. The third kappa shape index (κ3) is 3.64. The number of aromatic nitrogens is 4. The molecule has 0 unspecified atom stereocenters. The molecule has 0 saturated carbocycles. The minimum absolute atomic E-state index is 0.109. The molecule has 0 radical (unpaired) electrons. The van der Waals surface area contributed by atoms with Crippen molar-refractivity contribution in [1.82, 2.24) is 20.2 Å². The van der Waals surface area contributed by atoms with Gasteiger partial charge in [-0.25, -0.2) is 9.48 Å². The van der Waals surface area contributed by atoms with E-state index < -0.39 is 10.9 Å². The van der Waals surface area contributed by atoms with E-state index in [1.54, 1.807) is 24.3 Å². The highest BCUT2D eigenvalue weighted by molar-refractivity contribution is 5.89. The number of carbonyl (C=O) groups excluding carboxylic acids is 1. The first kappa shape index (κ1) is 17.0. The van der Waals surface area contributed by atoms with E-state index in [1.165, 1.54) is 36.3 Å². The molecule has 0 saturated heterocycles. The van der Waals surface area contributed by atoms with Crippen LogP contribution in [0.15, 0.2) is 48.8 Å². The van der Waals surface area contributed by atoms with Crippen LogP contribution in [0.4, 0.5) is 5.69 Å². The summed E-state index contributed by atoms with van der Waals surface area (Å²) in [5.74, 6) is -0.167. The van der Waals surface area contributed by atoms with E-state index in [4.69, 9.17) is 9.47 Å². The third-order valence-electron chi connectivity index (χ3n) is 3.55. The number of nitro groups is 1. The Morgan fingerprint density at radius 2 is 2.00 bits per heavy atom. The van der Waals surface area contributed by atoms with E-state index in [0.29, 0.717) is 22.6 Å². The van der Waals surface area contributed by atoms with Crippen molar-refractivity contribution in [2.45, 2.75) is 6.61 Å². The van der Waals surface area contributed by atoms with Gasteiger partial charge in [-0.1, -0.05) is 0 Å². The van der Waals surface area contributed by atoms with Crippen LogP contribution in [0.1, 0.15) is 15.9 Å². The number of rotatable bonds is 6. The molecule has 1 aromatic heterocycles. The molecule has 3 rings (SSSR count). The summed E-state index contributed by atoms with van der Waals surface area (Å²) in [7, 11) is 1.43. The molecule has 10 nitrogen and oxygen atoms in total. The first-order valence-corrected chi connectivity index (χ1v) is 7.40. The number of hydrogen-bond donors (Lipinski definition) is 0. The van der Waals surface area contributed by atoms with Crippen molar-refractivity contribution >= 4 is 11.7 Å². The zero-order valence-corrected chi connectivity index (χ0v) is 13.6. The minimum atomic E-state index is -0.568. The summed E-state index contributed by atoms with van der Waals surface area (Å²) in [6.45, 7) is -0.154. The van der Waals surface area contributed by atoms with E-state index in [-0.39, 0.29) is 12.3 Å². The number of ether oxygens (including phenoxy) is 2. The lowest BCUT2D eigenvalue weighted by Crippen LogP contribution is -2.07. The van der Waals surface area contributed by atoms with Crippen LogP contribution in [0.2, 0.25) is 0 Å². The van der Waals surface area contributed by atoms with Crippen molar-refractivity contribution in [2.75, 3.05) is 7.11 Å². The molecule has 0 aliphatic carbocycles. The van der Waals surface area contributed by atoms with Gasteiger partial charge in [-0.2, -0.15) is 0 Å². The summed E-state index contributed by atoms with van der Waals surface area (Å²) in [5, 5.41) is 21.7.